The number of benzene rings is 2. The van der Waals surface area contributed by atoms with Gasteiger partial charge in [-0.2, -0.15) is 0 Å². The molecule has 2 aromatic carbocycles. The van der Waals surface area contributed by atoms with Crippen molar-refractivity contribution < 1.29 is 24.7 Å². The van der Waals surface area contributed by atoms with E-state index in [1.54, 1.807) is 24.7 Å². The van der Waals surface area contributed by atoms with Gasteiger partial charge >= 0.3 is 159 Å². The molecule has 2 aromatic rings. The van der Waals surface area contributed by atoms with Crippen molar-refractivity contribution in [1.29, 1.82) is 0 Å². The summed E-state index contributed by atoms with van der Waals surface area (Å²) in [4.78, 5) is 0. The molecule has 0 bridgehead atoms. The van der Waals surface area contributed by atoms with E-state index in [2.05, 4.69) is 72.9 Å². The molecule has 5 rings (SSSR count). The first-order chi connectivity index (χ1) is 11.8. The summed E-state index contributed by atoms with van der Waals surface area (Å²) in [7, 11) is 0. The van der Waals surface area contributed by atoms with Gasteiger partial charge in [-0.3, -0.25) is 0 Å². The van der Waals surface area contributed by atoms with E-state index in [9.17, 15) is 0 Å². The third kappa shape index (κ3) is 2.08. The molecule has 0 heterocycles. The van der Waals surface area contributed by atoms with Gasteiger partial charge in [-0.05, 0) is 0 Å². The van der Waals surface area contributed by atoms with Crippen LogP contribution >= 0.6 is 0 Å². The van der Waals surface area contributed by atoms with E-state index >= 15 is 0 Å². The first-order valence-electron chi connectivity index (χ1n) is 8.54. The van der Waals surface area contributed by atoms with Crippen molar-refractivity contribution in [2.45, 2.75) is 16.5 Å². The fourth-order valence-corrected chi connectivity index (χ4v) is 5.38. The van der Waals surface area contributed by atoms with Gasteiger partial charge in [0.1, 0.15) is 0 Å². The quantitative estimate of drug-likeness (QED) is 0.596. The van der Waals surface area contributed by atoms with Crippen LogP contribution in [0.25, 0.3) is 22.3 Å². The maximum absolute atomic E-state index is 2.38. The molecule has 0 aliphatic heterocycles. The molecule has 1 heteroatoms. The van der Waals surface area contributed by atoms with Crippen molar-refractivity contribution in [2.24, 2.45) is 0 Å². The van der Waals surface area contributed by atoms with Crippen molar-refractivity contribution in [3.05, 3.63) is 95.1 Å². The summed E-state index contributed by atoms with van der Waals surface area (Å²) in [6, 6.07) is 13.8. The van der Waals surface area contributed by atoms with E-state index in [4.69, 9.17) is 0 Å². The topological polar surface area (TPSA) is 0 Å². The Morgan fingerprint density at radius 1 is 0.708 bits per heavy atom. The van der Waals surface area contributed by atoms with Crippen LogP contribution in [0.2, 0.25) is 0 Å². The molecule has 0 amide bonds. The predicted octanol–water partition coefficient (Wildman–Crippen LogP) is 5.99. The number of hydrogen-bond acceptors (Lipinski definition) is 0. The van der Waals surface area contributed by atoms with Gasteiger partial charge in [0.15, 0.2) is 0 Å². The van der Waals surface area contributed by atoms with Crippen LogP contribution in [-0.2, 0) is 24.7 Å². The van der Waals surface area contributed by atoms with Crippen molar-refractivity contribution in [1.82, 2.24) is 0 Å². The van der Waals surface area contributed by atoms with Crippen LogP contribution in [-0.4, -0.2) is 0 Å². The van der Waals surface area contributed by atoms with Gasteiger partial charge in [0.05, 0.1) is 0 Å². The minimum atomic E-state index is 0.571. The van der Waals surface area contributed by atoms with Gasteiger partial charge in [0.25, 0.3) is 0 Å². The zero-order chi connectivity index (χ0) is 16.1. The molecular formula is C23H17Zr. The van der Waals surface area contributed by atoms with Crippen molar-refractivity contribution in [3.63, 3.8) is 0 Å². The van der Waals surface area contributed by atoms with Crippen LogP contribution in [0.3, 0.4) is 0 Å². The second-order valence-corrected chi connectivity index (χ2v) is 8.04. The molecule has 3 aliphatic carbocycles. The van der Waals surface area contributed by atoms with Crippen molar-refractivity contribution in [2.75, 3.05) is 0 Å². The third-order valence-corrected chi connectivity index (χ3v) is 6.83. The Bertz CT molecular complexity index is 970. The van der Waals surface area contributed by atoms with Gasteiger partial charge in [-0.1, -0.05) is 0 Å². The fraction of sp³-hybridized carbons (Fsp3) is 0.130. The van der Waals surface area contributed by atoms with Crippen LogP contribution in [0.4, 0.5) is 0 Å². The Hall–Kier alpha value is -1.72. The normalized spacial score (nSPS) is 20.0. The Morgan fingerprint density at radius 2 is 1.46 bits per heavy atom. The van der Waals surface area contributed by atoms with Crippen LogP contribution in [0, 0.1) is 0 Å². The number of hydrogen-bond donors (Lipinski definition) is 0. The fourth-order valence-electron chi connectivity index (χ4n) is 4.17. The van der Waals surface area contributed by atoms with Crippen LogP contribution in [0.15, 0.2) is 72.9 Å². The molecule has 0 saturated heterocycles. The molecule has 3 aliphatic rings. The zero-order valence-electron chi connectivity index (χ0n) is 13.4. The summed E-state index contributed by atoms with van der Waals surface area (Å²) in [6.07, 6.45) is 15.6. The third-order valence-electron chi connectivity index (χ3n) is 5.30. The van der Waals surface area contributed by atoms with E-state index < -0.39 is 0 Å². The SMILES string of the molecule is [Zr][CH]1c2ccccc2-c2c1ccc(C1=CC=CC1)c2C1=CC=CC1. The predicted molar refractivity (Wildman–Crippen MR) is 97.2 cm³/mol. The molecular weight excluding hydrogens is 367 g/mol. The molecule has 0 aromatic heterocycles. The van der Waals surface area contributed by atoms with Crippen LogP contribution in [0.5, 0.6) is 0 Å². The Morgan fingerprint density at radius 3 is 2.21 bits per heavy atom. The standard InChI is InChI=1S/C23H17.Zr/c1-2-8-16(7-1)21-14-13-19-15-18-11-5-6-12-20(18)23(19)22(21)17-9-3-4-10-17;/h1-7,9,11-15H,8,10H2;. The average molecular weight is 385 g/mol. The minimum absolute atomic E-state index is 0.571. The number of rotatable bonds is 2. The molecule has 1 unspecified atom stereocenters. The summed E-state index contributed by atoms with van der Waals surface area (Å²) in [5.41, 5.74) is 11.8. The van der Waals surface area contributed by atoms with E-state index in [1.807, 2.05) is 0 Å². The summed E-state index contributed by atoms with van der Waals surface area (Å²) < 4.78 is 0.571. The Kier molecular flexibility index (Phi) is 3.45. The summed E-state index contributed by atoms with van der Waals surface area (Å²) in [5.74, 6) is 0. The van der Waals surface area contributed by atoms with Crippen molar-refractivity contribution in [3.8, 4) is 11.1 Å². The molecule has 113 valence electrons. The molecule has 0 N–H and O–H groups in total. The van der Waals surface area contributed by atoms with Crippen LogP contribution in [0.1, 0.15) is 38.7 Å². The molecule has 0 spiro atoms. The zero-order valence-corrected chi connectivity index (χ0v) is 15.9. The van der Waals surface area contributed by atoms with Crippen molar-refractivity contribution >= 4 is 11.1 Å². The molecule has 1 atom stereocenters. The Labute approximate surface area is 158 Å². The molecule has 0 fully saturated rings. The first kappa shape index (κ1) is 14.6. The van der Waals surface area contributed by atoms with Gasteiger partial charge in [0, 0.05) is 0 Å². The molecule has 0 saturated carbocycles. The monoisotopic (exact) mass is 383 g/mol. The second kappa shape index (κ2) is 5.67. The molecule has 24 heavy (non-hydrogen) atoms. The number of allylic oxidation sites excluding steroid dienone is 8. The maximum atomic E-state index is 2.38. The average Bonchev–Trinajstić information content (AvgIpc) is 3.36. The van der Waals surface area contributed by atoms with E-state index in [0.29, 0.717) is 3.63 Å². The summed E-state index contributed by atoms with van der Waals surface area (Å²) >= 11 is 1.58. The summed E-state index contributed by atoms with van der Waals surface area (Å²) in [5, 5.41) is 0. The second-order valence-electron chi connectivity index (χ2n) is 6.62. The first-order valence-corrected chi connectivity index (χ1v) is 9.96. The molecule has 0 radical (unpaired) electrons. The Balaban J connectivity index is 1.83. The molecule has 0 nitrogen and oxygen atoms in total. The van der Waals surface area contributed by atoms with E-state index in [-0.39, 0.29) is 0 Å². The summed E-state index contributed by atoms with van der Waals surface area (Å²) in [6.45, 7) is 0. The van der Waals surface area contributed by atoms with Gasteiger partial charge in [-0.15, -0.1) is 0 Å². The van der Waals surface area contributed by atoms with Gasteiger partial charge in [0.2, 0.25) is 0 Å². The van der Waals surface area contributed by atoms with Gasteiger partial charge < -0.3 is 0 Å². The van der Waals surface area contributed by atoms with E-state index in [0.717, 1.165) is 12.8 Å². The van der Waals surface area contributed by atoms with E-state index in [1.165, 1.54) is 44.5 Å². The van der Waals surface area contributed by atoms with Gasteiger partial charge in [-0.25, -0.2) is 0 Å². The number of fused-ring (bicyclic) bond motifs is 3. The van der Waals surface area contributed by atoms with Crippen LogP contribution < -0.4 is 0 Å².